The molecule has 0 unspecified atom stereocenters. The molecule has 112 valence electrons. The summed E-state index contributed by atoms with van der Waals surface area (Å²) >= 11 is 0. The highest BCUT2D eigenvalue weighted by Gasteiger charge is 2.35. The van der Waals surface area contributed by atoms with E-state index in [4.69, 9.17) is 0 Å². The van der Waals surface area contributed by atoms with Gasteiger partial charge >= 0.3 is 6.18 Å². The molecule has 0 aliphatic carbocycles. The number of nitrogens with zero attached hydrogens (tertiary/aromatic N) is 3. The Morgan fingerprint density at radius 3 is 2.86 bits per heavy atom. The van der Waals surface area contributed by atoms with Crippen molar-refractivity contribution in [2.75, 3.05) is 6.54 Å². The smallest absolute Gasteiger partial charge is 0.348 e. The number of aromatic amines is 2. The summed E-state index contributed by atoms with van der Waals surface area (Å²) in [6.45, 7) is 1.30. The van der Waals surface area contributed by atoms with E-state index < -0.39 is 17.6 Å². The Morgan fingerprint density at radius 1 is 1.38 bits per heavy atom. The van der Waals surface area contributed by atoms with Crippen LogP contribution in [-0.2, 0) is 25.7 Å². The third-order valence-corrected chi connectivity index (χ3v) is 3.34. The minimum Gasteiger partial charge on any atom is -0.348 e. The number of nitrogens with one attached hydrogen (secondary N) is 2. The van der Waals surface area contributed by atoms with Crippen LogP contribution in [0.5, 0.6) is 0 Å². The van der Waals surface area contributed by atoms with E-state index in [1.165, 1.54) is 0 Å². The summed E-state index contributed by atoms with van der Waals surface area (Å²) in [4.78, 5) is 26.2. The van der Waals surface area contributed by atoms with Crippen molar-refractivity contribution in [1.29, 1.82) is 0 Å². The highest BCUT2D eigenvalue weighted by Crippen LogP contribution is 2.26. The molecular formula is C12H12F3N5O. The molecule has 21 heavy (non-hydrogen) atoms. The van der Waals surface area contributed by atoms with Crippen LogP contribution in [0.3, 0.4) is 0 Å². The number of hydrogen-bond acceptors (Lipinski definition) is 4. The van der Waals surface area contributed by atoms with Crippen molar-refractivity contribution in [3.63, 3.8) is 0 Å². The van der Waals surface area contributed by atoms with Gasteiger partial charge in [0.15, 0.2) is 0 Å². The molecule has 6 nitrogen and oxygen atoms in total. The van der Waals surface area contributed by atoms with E-state index in [2.05, 4.69) is 15.0 Å². The number of hydrogen-bond donors (Lipinski definition) is 2. The second kappa shape index (κ2) is 4.99. The standard InChI is InChI=1S/C12H12F3N5O/c13-12(14,15)11-18-8-1-4-20(5-7(8)10(21)19-11)6-9-16-2-3-17-9/h2-3H,1,4-6H2,(H,16,17)(H,18,19,21). The molecule has 0 saturated heterocycles. The molecule has 2 N–H and O–H groups in total. The first-order chi connectivity index (χ1) is 9.93. The van der Waals surface area contributed by atoms with Crippen LogP contribution in [0.1, 0.15) is 22.9 Å². The lowest BCUT2D eigenvalue weighted by Gasteiger charge is -2.26. The van der Waals surface area contributed by atoms with Crippen LogP contribution in [-0.4, -0.2) is 31.4 Å². The first-order valence-corrected chi connectivity index (χ1v) is 6.33. The van der Waals surface area contributed by atoms with Gasteiger partial charge in [0, 0.05) is 31.9 Å². The molecule has 0 bridgehead atoms. The third-order valence-electron chi connectivity index (χ3n) is 3.34. The van der Waals surface area contributed by atoms with Gasteiger partial charge < -0.3 is 9.97 Å². The first kappa shape index (κ1) is 13.8. The van der Waals surface area contributed by atoms with Crippen LogP contribution in [0.25, 0.3) is 0 Å². The van der Waals surface area contributed by atoms with Crippen molar-refractivity contribution in [3.05, 3.63) is 45.7 Å². The molecule has 2 aromatic heterocycles. The summed E-state index contributed by atoms with van der Waals surface area (Å²) < 4.78 is 37.8. The first-order valence-electron chi connectivity index (χ1n) is 6.33. The van der Waals surface area contributed by atoms with Gasteiger partial charge in [-0.3, -0.25) is 9.69 Å². The molecule has 0 radical (unpaired) electrons. The minimum atomic E-state index is -4.64. The van der Waals surface area contributed by atoms with Gasteiger partial charge in [0.05, 0.1) is 17.8 Å². The molecule has 1 aliphatic heterocycles. The number of halogens is 3. The Bertz CT molecular complexity index is 692. The van der Waals surface area contributed by atoms with E-state index in [1.807, 2.05) is 9.88 Å². The van der Waals surface area contributed by atoms with Crippen molar-refractivity contribution >= 4 is 0 Å². The molecule has 0 amide bonds. The predicted octanol–water partition coefficient (Wildman–Crippen LogP) is 1.07. The monoisotopic (exact) mass is 299 g/mol. The van der Waals surface area contributed by atoms with E-state index in [0.29, 0.717) is 25.1 Å². The molecule has 0 atom stereocenters. The number of H-pyrrole nitrogens is 2. The van der Waals surface area contributed by atoms with Crippen molar-refractivity contribution in [2.45, 2.75) is 25.7 Å². The fraction of sp³-hybridized carbons (Fsp3) is 0.417. The van der Waals surface area contributed by atoms with Crippen molar-refractivity contribution in [2.24, 2.45) is 0 Å². The predicted molar refractivity (Wildman–Crippen MR) is 66.3 cm³/mol. The van der Waals surface area contributed by atoms with E-state index >= 15 is 0 Å². The zero-order chi connectivity index (χ0) is 15.0. The van der Waals surface area contributed by atoms with Crippen molar-refractivity contribution < 1.29 is 13.2 Å². The molecule has 0 saturated carbocycles. The molecule has 3 heterocycles. The minimum absolute atomic E-state index is 0.224. The number of imidazole rings is 1. The van der Waals surface area contributed by atoms with Gasteiger partial charge in [0.25, 0.3) is 5.56 Å². The molecule has 9 heteroatoms. The SMILES string of the molecule is O=c1[nH]c(C(F)(F)F)nc2c1CN(Cc1ncc[nH]1)CC2. The Hall–Kier alpha value is -2.16. The molecular weight excluding hydrogens is 287 g/mol. The maximum Gasteiger partial charge on any atom is 0.449 e. The summed E-state index contributed by atoms with van der Waals surface area (Å²) in [6.07, 6.45) is -1.02. The summed E-state index contributed by atoms with van der Waals surface area (Å²) in [5.74, 6) is -0.486. The largest absolute Gasteiger partial charge is 0.449 e. The highest BCUT2D eigenvalue weighted by atomic mass is 19.4. The zero-order valence-electron chi connectivity index (χ0n) is 10.9. The molecule has 0 fully saturated rings. The Kier molecular flexibility index (Phi) is 3.28. The lowest BCUT2D eigenvalue weighted by Crippen LogP contribution is -2.36. The fourth-order valence-electron chi connectivity index (χ4n) is 2.35. The van der Waals surface area contributed by atoms with E-state index in [0.717, 1.165) is 5.82 Å². The summed E-state index contributed by atoms with van der Waals surface area (Å²) in [7, 11) is 0. The van der Waals surface area contributed by atoms with E-state index in [9.17, 15) is 18.0 Å². The third kappa shape index (κ3) is 2.82. The van der Waals surface area contributed by atoms with E-state index in [-0.39, 0.29) is 12.2 Å². The number of alkyl halides is 3. The number of aromatic nitrogens is 4. The molecule has 1 aliphatic rings. The molecule has 3 rings (SSSR count). The van der Waals surface area contributed by atoms with Crippen LogP contribution >= 0.6 is 0 Å². The lowest BCUT2D eigenvalue weighted by molar-refractivity contribution is -0.145. The Morgan fingerprint density at radius 2 is 2.19 bits per heavy atom. The Labute approximate surface area is 117 Å². The van der Waals surface area contributed by atoms with Gasteiger partial charge in [-0.1, -0.05) is 0 Å². The second-order valence-corrected chi connectivity index (χ2v) is 4.83. The maximum absolute atomic E-state index is 12.6. The quantitative estimate of drug-likeness (QED) is 0.869. The van der Waals surface area contributed by atoms with Gasteiger partial charge in [-0.25, -0.2) is 9.97 Å². The normalized spacial score (nSPS) is 16.0. The number of fused-ring (bicyclic) bond motifs is 1. The lowest BCUT2D eigenvalue weighted by atomic mass is 10.1. The van der Waals surface area contributed by atoms with Crippen LogP contribution in [0, 0.1) is 0 Å². The maximum atomic E-state index is 12.6. The van der Waals surface area contributed by atoms with Gasteiger partial charge in [-0.05, 0) is 0 Å². The van der Waals surface area contributed by atoms with E-state index in [1.54, 1.807) is 12.4 Å². The fourth-order valence-corrected chi connectivity index (χ4v) is 2.35. The van der Waals surface area contributed by atoms with Gasteiger partial charge in [-0.15, -0.1) is 0 Å². The van der Waals surface area contributed by atoms with Crippen LogP contribution in [0.15, 0.2) is 17.2 Å². The van der Waals surface area contributed by atoms with Crippen LogP contribution in [0.4, 0.5) is 13.2 Å². The Balaban J connectivity index is 1.85. The van der Waals surface area contributed by atoms with Crippen molar-refractivity contribution in [3.8, 4) is 0 Å². The summed E-state index contributed by atoms with van der Waals surface area (Å²) in [5.41, 5.74) is -0.209. The molecule has 2 aromatic rings. The number of rotatable bonds is 2. The van der Waals surface area contributed by atoms with Gasteiger partial charge in [0.2, 0.25) is 5.82 Å². The second-order valence-electron chi connectivity index (χ2n) is 4.83. The van der Waals surface area contributed by atoms with Crippen LogP contribution < -0.4 is 5.56 Å². The zero-order valence-corrected chi connectivity index (χ0v) is 10.9. The van der Waals surface area contributed by atoms with Gasteiger partial charge in [0.1, 0.15) is 5.82 Å². The van der Waals surface area contributed by atoms with Gasteiger partial charge in [-0.2, -0.15) is 13.2 Å². The molecule has 0 spiro atoms. The highest BCUT2D eigenvalue weighted by molar-refractivity contribution is 5.21. The topological polar surface area (TPSA) is 77.7 Å². The summed E-state index contributed by atoms with van der Waals surface area (Å²) in [5, 5.41) is 0. The van der Waals surface area contributed by atoms with Crippen LogP contribution in [0.2, 0.25) is 0 Å². The van der Waals surface area contributed by atoms with Crippen molar-refractivity contribution in [1.82, 2.24) is 24.8 Å². The average Bonchev–Trinajstić information content (AvgIpc) is 2.91. The summed E-state index contributed by atoms with van der Waals surface area (Å²) in [6, 6.07) is 0. The molecule has 0 aromatic carbocycles. The average molecular weight is 299 g/mol.